The first-order valence-electron chi connectivity index (χ1n) is 4.49. The molecule has 0 saturated heterocycles. The normalized spacial score (nSPS) is 35.1. The molecule has 0 aromatic rings. The lowest BCUT2D eigenvalue weighted by Gasteiger charge is -2.19. The second-order valence-electron chi connectivity index (χ2n) is 3.53. The Balaban J connectivity index is 2.43. The van der Waals surface area contributed by atoms with Crippen LogP contribution in [0.1, 0.15) is 6.42 Å². The molecule has 0 aromatic heterocycles. The van der Waals surface area contributed by atoms with Crippen molar-refractivity contribution in [1.82, 2.24) is 0 Å². The quantitative estimate of drug-likeness (QED) is 0.585. The standard InChI is InChI=1S/C12H12O/c1-2-7-12-8-4-3-5-10(6-9-12)11(12)13/h2-6,8-10H,1,7H2/t10-,12+/m1/s1. The van der Waals surface area contributed by atoms with Crippen molar-refractivity contribution in [2.75, 3.05) is 0 Å². The Morgan fingerprint density at radius 1 is 1.38 bits per heavy atom. The van der Waals surface area contributed by atoms with Gasteiger partial charge in [0.1, 0.15) is 0 Å². The Bertz CT molecular complexity index is 333. The number of hydrogen-bond donors (Lipinski definition) is 0. The fraction of sp³-hybridized carbons (Fsp3) is 0.250. The van der Waals surface area contributed by atoms with E-state index < -0.39 is 5.41 Å². The number of carbonyl (C=O) groups is 1. The molecule has 2 rings (SSSR count). The molecular weight excluding hydrogens is 160 g/mol. The number of rotatable bonds is 2. The summed E-state index contributed by atoms with van der Waals surface area (Å²) in [5.74, 6) is 0.257. The van der Waals surface area contributed by atoms with Gasteiger partial charge in [0.05, 0.1) is 11.3 Å². The minimum absolute atomic E-state index is 0.0186. The van der Waals surface area contributed by atoms with Crippen molar-refractivity contribution in [3.05, 3.63) is 49.1 Å². The zero-order valence-corrected chi connectivity index (χ0v) is 7.44. The van der Waals surface area contributed by atoms with Gasteiger partial charge in [0, 0.05) is 0 Å². The van der Waals surface area contributed by atoms with E-state index in [4.69, 9.17) is 0 Å². The van der Waals surface area contributed by atoms with Crippen LogP contribution < -0.4 is 0 Å². The molecule has 0 aromatic carbocycles. The highest BCUT2D eigenvalue weighted by molar-refractivity contribution is 5.96. The maximum Gasteiger partial charge on any atom is 0.157 e. The number of allylic oxidation sites excluding steroid dienone is 7. The molecule has 2 aliphatic rings. The zero-order chi connectivity index (χ0) is 9.31. The molecule has 0 heterocycles. The molecule has 0 saturated carbocycles. The van der Waals surface area contributed by atoms with E-state index in [1.165, 1.54) is 0 Å². The molecule has 0 N–H and O–H groups in total. The summed E-state index contributed by atoms with van der Waals surface area (Å²) in [7, 11) is 0. The average Bonchev–Trinajstić information content (AvgIpc) is 2.28. The number of Topliss-reactive ketones (excluding diaryl/α,β-unsaturated/α-hetero) is 1. The Morgan fingerprint density at radius 3 is 3.00 bits per heavy atom. The predicted octanol–water partition coefficient (Wildman–Crippen LogP) is 2.43. The van der Waals surface area contributed by atoms with Gasteiger partial charge in [-0.3, -0.25) is 4.79 Å². The second kappa shape index (κ2) is 2.84. The number of hydrogen-bond acceptors (Lipinski definition) is 1. The van der Waals surface area contributed by atoms with E-state index >= 15 is 0 Å². The zero-order valence-electron chi connectivity index (χ0n) is 7.44. The summed E-state index contributed by atoms with van der Waals surface area (Å²) < 4.78 is 0. The van der Waals surface area contributed by atoms with Crippen LogP contribution in [0.2, 0.25) is 0 Å². The SMILES string of the molecule is C=CC[C@]12C=CC=C[C@H](C=C1)C2=O. The number of ketones is 1. The molecule has 1 nitrogen and oxygen atoms in total. The topological polar surface area (TPSA) is 17.1 Å². The molecular formula is C12H12O. The van der Waals surface area contributed by atoms with E-state index in [2.05, 4.69) is 6.58 Å². The molecule has 0 unspecified atom stereocenters. The van der Waals surface area contributed by atoms with Crippen LogP contribution in [0.15, 0.2) is 49.1 Å². The van der Waals surface area contributed by atoms with Crippen LogP contribution >= 0.6 is 0 Å². The Hall–Kier alpha value is -1.37. The summed E-state index contributed by atoms with van der Waals surface area (Å²) >= 11 is 0. The van der Waals surface area contributed by atoms with Crippen molar-refractivity contribution in [3.63, 3.8) is 0 Å². The van der Waals surface area contributed by atoms with Gasteiger partial charge in [-0.1, -0.05) is 42.5 Å². The predicted molar refractivity (Wildman–Crippen MR) is 53.2 cm³/mol. The van der Waals surface area contributed by atoms with Crippen LogP contribution in [-0.2, 0) is 4.79 Å². The van der Waals surface area contributed by atoms with Gasteiger partial charge in [0.15, 0.2) is 5.78 Å². The van der Waals surface area contributed by atoms with E-state index in [0.29, 0.717) is 6.42 Å². The van der Waals surface area contributed by atoms with Crippen molar-refractivity contribution < 1.29 is 4.79 Å². The average molecular weight is 172 g/mol. The smallest absolute Gasteiger partial charge is 0.157 e. The summed E-state index contributed by atoms with van der Waals surface area (Å²) in [5.41, 5.74) is -0.393. The first kappa shape index (κ1) is 8.24. The molecule has 0 amide bonds. The van der Waals surface area contributed by atoms with E-state index in [1.54, 1.807) is 6.08 Å². The molecule has 0 aliphatic heterocycles. The number of carbonyl (C=O) groups excluding carboxylic acids is 1. The van der Waals surface area contributed by atoms with Crippen LogP contribution in [0.25, 0.3) is 0 Å². The van der Waals surface area contributed by atoms with Gasteiger partial charge in [-0.2, -0.15) is 0 Å². The van der Waals surface area contributed by atoms with Crippen molar-refractivity contribution in [2.45, 2.75) is 6.42 Å². The van der Waals surface area contributed by atoms with E-state index in [9.17, 15) is 4.79 Å². The highest BCUT2D eigenvalue weighted by atomic mass is 16.1. The van der Waals surface area contributed by atoms with Gasteiger partial charge in [-0.15, -0.1) is 6.58 Å². The Labute approximate surface area is 78.1 Å². The van der Waals surface area contributed by atoms with Gasteiger partial charge >= 0.3 is 0 Å². The van der Waals surface area contributed by atoms with E-state index in [-0.39, 0.29) is 11.7 Å². The molecule has 2 bridgehead atoms. The lowest BCUT2D eigenvalue weighted by molar-refractivity contribution is -0.124. The van der Waals surface area contributed by atoms with Crippen molar-refractivity contribution in [1.29, 1.82) is 0 Å². The van der Waals surface area contributed by atoms with Crippen LogP contribution in [0.5, 0.6) is 0 Å². The second-order valence-corrected chi connectivity index (χ2v) is 3.53. The molecule has 66 valence electrons. The molecule has 0 radical (unpaired) electrons. The molecule has 2 atom stereocenters. The summed E-state index contributed by atoms with van der Waals surface area (Å²) in [6.45, 7) is 3.69. The minimum Gasteiger partial charge on any atom is -0.297 e. The first-order chi connectivity index (χ1) is 6.28. The van der Waals surface area contributed by atoms with Gasteiger partial charge in [0.25, 0.3) is 0 Å². The van der Waals surface area contributed by atoms with Gasteiger partial charge in [-0.05, 0) is 6.42 Å². The van der Waals surface area contributed by atoms with Crippen LogP contribution in [0, 0.1) is 11.3 Å². The lowest BCUT2D eigenvalue weighted by Crippen LogP contribution is -2.25. The Morgan fingerprint density at radius 2 is 2.23 bits per heavy atom. The third kappa shape index (κ3) is 1.12. The summed E-state index contributed by atoms with van der Waals surface area (Å²) in [6.07, 6.45) is 14.3. The fourth-order valence-electron chi connectivity index (χ4n) is 1.93. The van der Waals surface area contributed by atoms with Crippen molar-refractivity contribution in [3.8, 4) is 0 Å². The molecule has 2 aliphatic carbocycles. The Kier molecular flexibility index (Phi) is 1.80. The molecule has 0 fully saturated rings. The minimum atomic E-state index is -0.393. The van der Waals surface area contributed by atoms with E-state index in [0.717, 1.165) is 0 Å². The third-order valence-corrected chi connectivity index (χ3v) is 2.67. The summed E-state index contributed by atoms with van der Waals surface area (Å²) in [5, 5.41) is 0. The van der Waals surface area contributed by atoms with Crippen LogP contribution in [0.4, 0.5) is 0 Å². The van der Waals surface area contributed by atoms with Crippen LogP contribution in [0.3, 0.4) is 0 Å². The fourth-order valence-corrected chi connectivity index (χ4v) is 1.93. The largest absolute Gasteiger partial charge is 0.297 e. The monoisotopic (exact) mass is 172 g/mol. The molecule has 1 heteroatoms. The molecule has 13 heavy (non-hydrogen) atoms. The van der Waals surface area contributed by atoms with Crippen molar-refractivity contribution in [2.24, 2.45) is 11.3 Å². The number of fused-ring (bicyclic) bond motifs is 2. The summed E-state index contributed by atoms with van der Waals surface area (Å²) in [6, 6.07) is 0. The molecule has 0 spiro atoms. The van der Waals surface area contributed by atoms with E-state index in [1.807, 2.05) is 36.5 Å². The third-order valence-electron chi connectivity index (χ3n) is 2.67. The highest BCUT2D eigenvalue weighted by Crippen LogP contribution is 2.39. The van der Waals surface area contributed by atoms with Crippen LogP contribution in [-0.4, -0.2) is 5.78 Å². The summed E-state index contributed by atoms with van der Waals surface area (Å²) in [4.78, 5) is 11.9. The maximum atomic E-state index is 11.9. The first-order valence-corrected chi connectivity index (χ1v) is 4.49. The van der Waals surface area contributed by atoms with Crippen molar-refractivity contribution >= 4 is 5.78 Å². The highest BCUT2D eigenvalue weighted by Gasteiger charge is 2.40. The van der Waals surface area contributed by atoms with Gasteiger partial charge in [-0.25, -0.2) is 0 Å². The van der Waals surface area contributed by atoms with Gasteiger partial charge in [0.2, 0.25) is 0 Å². The lowest BCUT2D eigenvalue weighted by atomic mass is 9.81. The van der Waals surface area contributed by atoms with Gasteiger partial charge < -0.3 is 0 Å². The maximum absolute atomic E-state index is 11.9.